The monoisotopic (exact) mass is 790 g/mol. The molecular formula is C57H34N4O. The van der Waals surface area contributed by atoms with Gasteiger partial charge >= 0.3 is 0 Å². The highest BCUT2D eigenvalue weighted by molar-refractivity contribution is 6.19. The molecule has 0 saturated carbocycles. The molecule has 0 unspecified atom stereocenters. The molecule has 3 aromatic heterocycles. The van der Waals surface area contributed by atoms with Gasteiger partial charge in [0.1, 0.15) is 5.58 Å². The molecular weight excluding hydrogens is 757 g/mol. The number of hydrogen-bond donors (Lipinski definition) is 0. The lowest BCUT2D eigenvalue weighted by Gasteiger charge is -2.13. The molecule has 0 amide bonds. The normalized spacial score (nSPS) is 11.9. The van der Waals surface area contributed by atoms with Gasteiger partial charge in [0.15, 0.2) is 23.1 Å². The molecule has 0 fully saturated rings. The fourth-order valence-corrected chi connectivity index (χ4v) is 9.35. The number of fused-ring (bicyclic) bond motifs is 9. The number of rotatable bonds is 5. The number of nitrogens with zero attached hydrogens (tertiary/aromatic N) is 4. The van der Waals surface area contributed by atoms with E-state index in [0.29, 0.717) is 17.5 Å². The predicted molar refractivity (Wildman–Crippen MR) is 256 cm³/mol. The highest BCUT2D eigenvalue weighted by Gasteiger charge is 2.23. The standard InChI is InChI=1S/C57H34N4O/c1-2-12-35(13-3-1)37-22-25-38(26-23-37)55-58-56(44-27-24-36-14-4-5-15-39(36)30-44)60-57(59-55)46-28-29-49(54-53(46)45-20-10-11-21-52(45)62-54)61-50-33-42-18-8-6-16-40(42)31-47(50)48-32-41-17-7-9-19-43(41)34-51(48)61/h1-34H. The van der Waals surface area contributed by atoms with E-state index in [1.54, 1.807) is 0 Å². The van der Waals surface area contributed by atoms with Gasteiger partial charge in [-0.2, -0.15) is 0 Å². The Bertz CT molecular complexity index is 3830. The van der Waals surface area contributed by atoms with Crippen LogP contribution in [0.25, 0.3) is 127 Å². The van der Waals surface area contributed by atoms with Crippen molar-refractivity contribution in [1.82, 2.24) is 19.5 Å². The molecule has 0 aliphatic heterocycles. The van der Waals surface area contributed by atoms with Crippen LogP contribution in [-0.4, -0.2) is 19.5 Å². The van der Waals surface area contributed by atoms with Crippen molar-refractivity contribution in [3.8, 4) is 51.0 Å². The predicted octanol–water partition coefficient (Wildman–Crippen LogP) is 15.0. The van der Waals surface area contributed by atoms with Crippen LogP contribution in [0.2, 0.25) is 0 Å². The largest absolute Gasteiger partial charge is 0.454 e. The van der Waals surface area contributed by atoms with Crippen LogP contribution in [0.5, 0.6) is 0 Å². The Morgan fingerprint density at radius 3 is 1.52 bits per heavy atom. The number of aromatic nitrogens is 4. The third-order valence-corrected chi connectivity index (χ3v) is 12.4. The van der Waals surface area contributed by atoms with Gasteiger partial charge in [-0.15, -0.1) is 0 Å². The number of hydrogen-bond acceptors (Lipinski definition) is 4. The summed E-state index contributed by atoms with van der Waals surface area (Å²) in [4.78, 5) is 15.8. The second-order valence-electron chi connectivity index (χ2n) is 16.0. The fourth-order valence-electron chi connectivity index (χ4n) is 9.35. The van der Waals surface area contributed by atoms with Gasteiger partial charge in [-0.25, -0.2) is 15.0 Å². The second-order valence-corrected chi connectivity index (χ2v) is 16.0. The van der Waals surface area contributed by atoms with Crippen molar-refractivity contribution in [3.05, 3.63) is 206 Å². The van der Waals surface area contributed by atoms with Crippen molar-refractivity contribution in [2.24, 2.45) is 0 Å². The van der Waals surface area contributed by atoms with Gasteiger partial charge in [-0.3, -0.25) is 0 Å². The molecule has 13 aromatic rings. The van der Waals surface area contributed by atoms with Crippen LogP contribution in [0.15, 0.2) is 211 Å². The molecule has 5 nitrogen and oxygen atoms in total. The molecule has 0 aliphatic carbocycles. The molecule has 3 heterocycles. The lowest BCUT2D eigenvalue weighted by atomic mass is 10.0. The summed E-state index contributed by atoms with van der Waals surface area (Å²) in [6.45, 7) is 0. The van der Waals surface area contributed by atoms with Gasteiger partial charge in [-0.1, -0.05) is 158 Å². The molecule has 5 heteroatoms. The third kappa shape index (κ3) is 5.45. The Balaban J connectivity index is 1.08. The van der Waals surface area contributed by atoms with Crippen LogP contribution in [0.1, 0.15) is 0 Å². The molecule has 0 spiro atoms. The number of benzene rings is 10. The topological polar surface area (TPSA) is 56.7 Å². The summed E-state index contributed by atoms with van der Waals surface area (Å²) in [5.74, 6) is 1.78. The highest BCUT2D eigenvalue weighted by Crippen LogP contribution is 2.44. The zero-order valence-corrected chi connectivity index (χ0v) is 33.3. The van der Waals surface area contributed by atoms with E-state index in [9.17, 15) is 0 Å². The van der Waals surface area contributed by atoms with E-state index in [1.807, 2.05) is 18.2 Å². The number of para-hydroxylation sites is 1. The molecule has 0 aliphatic rings. The summed E-state index contributed by atoms with van der Waals surface area (Å²) in [7, 11) is 0. The smallest absolute Gasteiger partial charge is 0.164 e. The van der Waals surface area contributed by atoms with Crippen LogP contribution in [-0.2, 0) is 0 Å². The van der Waals surface area contributed by atoms with Crippen LogP contribution in [0.4, 0.5) is 0 Å². The Kier molecular flexibility index (Phi) is 7.54. The Hall–Kier alpha value is -8.41. The maximum atomic E-state index is 6.98. The van der Waals surface area contributed by atoms with Gasteiger partial charge in [0.25, 0.3) is 0 Å². The summed E-state index contributed by atoms with van der Waals surface area (Å²) in [5, 5.41) is 11.4. The van der Waals surface area contributed by atoms with Gasteiger partial charge in [0.2, 0.25) is 0 Å². The quantitative estimate of drug-likeness (QED) is 0.174. The Morgan fingerprint density at radius 1 is 0.339 bits per heavy atom. The van der Waals surface area contributed by atoms with Crippen LogP contribution in [0.3, 0.4) is 0 Å². The van der Waals surface area contributed by atoms with E-state index in [4.69, 9.17) is 19.4 Å². The van der Waals surface area contributed by atoms with Crippen molar-refractivity contribution >= 4 is 76.1 Å². The average Bonchev–Trinajstić information content (AvgIpc) is 3.87. The van der Waals surface area contributed by atoms with E-state index in [0.717, 1.165) is 77.2 Å². The Morgan fingerprint density at radius 2 is 0.839 bits per heavy atom. The van der Waals surface area contributed by atoms with Gasteiger partial charge in [0.05, 0.1) is 16.7 Å². The summed E-state index contributed by atoms with van der Waals surface area (Å²) in [6.07, 6.45) is 0. The minimum atomic E-state index is 0.576. The lowest BCUT2D eigenvalue weighted by Crippen LogP contribution is -2.01. The van der Waals surface area contributed by atoms with Crippen molar-refractivity contribution in [1.29, 1.82) is 0 Å². The van der Waals surface area contributed by atoms with Gasteiger partial charge in [0, 0.05) is 38.2 Å². The summed E-state index contributed by atoms with van der Waals surface area (Å²) in [5.41, 5.74) is 9.74. The second kappa shape index (κ2) is 13.6. The SMILES string of the molecule is c1ccc(-c2ccc(-c3nc(-c4ccc5ccccc5c4)nc(-c4ccc(-n5c6cc7ccccc7cc6c6cc7ccccc7cc65)c5oc6ccccc6c45)n3)cc2)cc1. The lowest BCUT2D eigenvalue weighted by molar-refractivity contribution is 0.666. The molecule has 62 heavy (non-hydrogen) atoms. The van der Waals surface area contributed by atoms with Crippen molar-refractivity contribution in [3.63, 3.8) is 0 Å². The Labute approximate surface area is 355 Å². The maximum Gasteiger partial charge on any atom is 0.164 e. The van der Waals surface area contributed by atoms with Crippen molar-refractivity contribution in [2.45, 2.75) is 0 Å². The molecule has 0 N–H and O–H groups in total. The first-order valence-corrected chi connectivity index (χ1v) is 20.9. The molecule has 288 valence electrons. The molecule has 0 bridgehead atoms. The third-order valence-electron chi connectivity index (χ3n) is 12.4. The van der Waals surface area contributed by atoms with Crippen LogP contribution >= 0.6 is 0 Å². The van der Waals surface area contributed by atoms with E-state index < -0.39 is 0 Å². The van der Waals surface area contributed by atoms with E-state index in [-0.39, 0.29) is 0 Å². The van der Waals surface area contributed by atoms with E-state index in [1.165, 1.54) is 32.3 Å². The summed E-state index contributed by atoms with van der Waals surface area (Å²) >= 11 is 0. The zero-order valence-electron chi connectivity index (χ0n) is 33.3. The highest BCUT2D eigenvalue weighted by atomic mass is 16.3. The minimum Gasteiger partial charge on any atom is -0.454 e. The minimum absolute atomic E-state index is 0.576. The van der Waals surface area contributed by atoms with Crippen molar-refractivity contribution < 1.29 is 4.42 Å². The first kappa shape index (κ1) is 34.5. The zero-order chi connectivity index (χ0) is 40.7. The summed E-state index contributed by atoms with van der Waals surface area (Å²) < 4.78 is 9.36. The van der Waals surface area contributed by atoms with E-state index in [2.05, 4.69) is 193 Å². The molecule has 13 rings (SSSR count). The van der Waals surface area contributed by atoms with Crippen LogP contribution in [0, 0.1) is 0 Å². The maximum absolute atomic E-state index is 6.98. The molecule has 0 atom stereocenters. The first-order chi connectivity index (χ1) is 30.7. The van der Waals surface area contributed by atoms with Gasteiger partial charge in [-0.05, 0) is 92.0 Å². The first-order valence-electron chi connectivity index (χ1n) is 20.9. The molecule has 0 radical (unpaired) electrons. The summed E-state index contributed by atoms with van der Waals surface area (Å²) in [6, 6.07) is 72.8. The molecule has 10 aromatic carbocycles. The van der Waals surface area contributed by atoms with Crippen LogP contribution < -0.4 is 0 Å². The average molecular weight is 791 g/mol. The van der Waals surface area contributed by atoms with Crippen molar-refractivity contribution in [2.75, 3.05) is 0 Å². The van der Waals surface area contributed by atoms with E-state index >= 15 is 0 Å². The van der Waals surface area contributed by atoms with Gasteiger partial charge < -0.3 is 8.98 Å². The number of furan rings is 1. The fraction of sp³-hybridized carbons (Fsp3) is 0. The molecule has 0 saturated heterocycles.